The van der Waals surface area contributed by atoms with Crippen LogP contribution >= 0.6 is 0 Å². The molecule has 1 saturated heterocycles. The Hall–Kier alpha value is -2.91. The Morgan fingerprint density at radius 2 is 1.96 bits per heavy atom. The molecule has 0 saturated carbocycles. The van der Waals surface area contributed by atoms with Gasteiger partial charge in [0.2, 0.25) is 0 Å². The van der Waals surface area contributed by atoms with Crippen molar-refractivity contribution >= 4 is 6.09 Å². The average Bonchev–Trinajstić information content (AvgIpc) is 2.65. The van der Waals surface area contributed by atoms with Gasteiger partial charge in [0.25, 0.3) is 6.43 Å². The van der Waals surface area contributed by atoms with Gasteiger partial charge in [0.1, 0.15) is 5.69 Å². The summed E-state index contributed by atoms with van der Waals surface area (Å²) in [6, 6.07) is 4.59. The van der Waals surface area contributed by atoms with Crippen LogP contribution in [0.5, 0.6) is 5.75 Å². The summed E-state index contributed by atoms with van der Waals surface area (Å²) in [5.41, 5.74) is 0.0945. The van der Waals surface area contributed by atoms with Crippen molar-refractivity contribution in [1.29, 1.82) is 0 Å². The van der Waals surface area contributed by atoms with Gasteiger partial charge in [0.15, 0.2) is 11.6 Å². The summed E-state index contributed by atoms with van der Waals surface area (Å²) in [6.45, 7) is -2.77. The summed E-state index contributed by atoms with van der Waals surface area (Å²) in [6.07, 6.45) is -1.81. The molecular weight excluding hydrogens is 387 g/mol. The van der Waals surface area contributed by atoms with Crippen LogP contribution in [0.4, 0.5) is 26.7 Å². The lowest BCUT2D eigenvalue weighted by atomic mass is 10.0. The normalized spacial score (nSPS) is 14.5. The Kier molecular flexibility index (Phi) is 5.96. The van der Waals surface area contributed by atoms with Gasteiger partial charge < -0.3 is 14.4 Å². The number of rotatable bonds is 6. The highest BCUT2D eigenvalue weighted by Crippen LogP contribution is 2.31. The van der Waals surface area contributed by atoms with Crippen molar-refractivity contribution in [3.8, 4) is 16.9 Å². The Morgan fingerprint density at radius 3 is 2.64 bits per heavy atom. The van der Waals surface area contributed by atoms with E-state index in [1.165, 1.54) is 17.0 Å². The Labute approximate surface area is 156 Å². The molecular formula is C18H15F5N2O3. The molecule has 0 unspecified atom stereocenters. The fourth-order valence-corrected chi connectivity index (χ4v) is 2.82. The van der Waals surface area contributed by atoms with Gasteiger partial charge in [-0.05, 0) is 35.7 Å². The van der Waals surface area contributed by atoms with Gasteiger partial charge in [-0.2, -0.15) is 8.78 Å². The first-order chi connectivity index (χ1) is 13.3. The molecule has 0 atom stereocenters. The minimum Gasteiger partial charge on any atom is -0.449 e. The Balaban J connectivity index is 1.95. The molecule has 1 aromatic carbocycles. The van der Waals surface area contributed by atoms with E-state index < -0.39 is 36.4 Å². The number of alkyl halides is 4. The predicted molar refractivity (Wildman–Crippen MR) is 87.6 cm³/mol. The molecule has 1 aliphatic rings. The summed E-state index contributed by atoms with van der Waals surface area (Å²) < 4.78 is 74.1. The summed E-state index contributed by atoms with van der Waals surface area (Å²) in [4.78, 5) is 16.8. The highest BCUT2D eigenvalue weighted by Gasteiger charge is 2.24. The van der Waals surface area contributed by atoms with Crippen LogP contribution in [0.15, 0.2) is 30.5 Å². The summed E-state index contributed by atoms with van der Waals surface area (Å²) >= 11 is 0. The van der Waals surface area contributed by atoms with Crippen molar-refractivity contribution in [3.05, 3.63) is 47.5 Å². The van der Waals surface area contributed by atoms with Crippen LogP contribution in [0.3, 0.4) is 0 Å². The van der Waals surface area contributed by atoms with Gasteiger partial charge in [-0.15, -0.1) is 0 Å². The number of cyclic esters (lactones) is 1. The van der Waals surface area contributed by atoms with Crippen LogP contribution in [0, 0.1) is 5.82 Å². The highest BCUT2D eigenvalue weighted by atomic mass is 19.3. The molecule has 2 aromatic rings. The van der Waals surface area contributed by atoms with Gasteiger partial charge in [0, 0.05) is 18.3 Å². The molecule has 5 nitrogen and oxygen atoms in total. The molecule has 28 heavy (non-hydrogen) atoms. The quantitative estimate of drug-likeness (QED) is 0.654. The molecule has 0 radical (unpaired) electrons. The van der Waals surface area contributed by atoms with Crippen molar-refractivity contribution in [2.24, 2.45) is 0 Å². The lowest BCUT2D eigenvalue weighted by molar-refractivity contribution is -0.0521. The number of hydrogen-bond acceptors (Lipinski definition) is 4. The number of nitrogens with zero attached hydrogens (tertiary/aromatic N) is 2. The van der Waals surface area contributed by atoms with E-state index in [1.54, 1.807) is 0 Å². The molecule has 0 aliphatic carbocycles. The van der Waals surface area contributed by atoms with E-state index in [9.17, 15) is 26.7 Å². The molecule has 0 N–H and O–H groups in total. The first-order valence-corrected chi connectivity index (χ1v) is 8.28. The fraction of sp³-hybridized carbons (Fsp3) is 0.333. The van der Waals surface area contributed by atoms with Crippen LogP contribution < -0.4 is 4.74 Å². The number of aromatic nitrogens is 1. The van der Waals surface area contributed by atoms with Crippen LogP contribution in [-0.4, -0.2) is 35.7 Å². The number of carbonyl (C=O) groups excluding carboxylic acids is 1. The van der Waals surface area contributed by atoms with Gasteiger partial charge in [-0.3, -0.25) is 4.98 Å². The van der Waals surface area contributed by atoms with E-state index >= 15 is 0 Å². The van der Waals surface area contributed by atoms with E-state index in [4.69, 9.17) is 4.74 Å². The Bertz CT molecular complexity index is 863. The van der Waals surface area contributed by atoms with Gasteiger partial charge in [0.05, 0.1) is 13.2 Å². The van der Waals surface area contributed by atoms with Crippen LogP contribution in [0.2, 0.25) is 0 Å². The number of halogens is 5. The first kappa shape index (κ1) is 19.8. The summed E-state index contributed by atoms with van der Waals surface area (Å²) in [7, 11) is 0. The zero-order valence-electron chi connectivity index (χ0n) is 14.4. The van der Waals surface area contributed by atoms with Crippen molar-refractivity contribution < 1.29 is 36.2 Å². The second-order valence-electron chi connectivity index (χ2n) is 5.98. The van der Waals surface area contributed by atoms with Crippen LogP contribution in [0.1, 0.15) is 24.1 Å². The van der Waals surface area contributed by atoms with Crippen LogP contribution in [-0.2, 0) is 11.3 Å². The second-order valence-corrected chi connectivity index (χ2v) is 5.98. The lowest BCUT2D eigenvalue weighted by Gasteiger charge is -2.27. The third-order valence-electron chi connectivity index (χ3n) is 4.11. The standard InChI is InChI=1S/C18H15F5N2O3/c19-13-3-2-10(7-14(13)28-17(22)23)11-6-12(15(16(20)21)24-8-11)9-25-4-1-5-27-18(25)26/h2-3,6-8,16-17H,1,4-5,9H2. The molecule has 1 amide bonds. The predicted octanol–water partition coefficient (Wildman–Crippen LogP) is 4.77. The minimum atomic E-state index is -3.22. The molecule has 150 valence electrons. The fourth-order valence-electron chi connectivity index (χ4n) is 2.82. The van der Waals surface area contributed by atoms with Gasteiger partial charge in [-0.1, -0.05) is 6.07 Å². The third kappa shape index (κ3) is 4.49. The topological polar surface area (TPSA) is 51.7 Å². The van der Waals surface area contributed by atoms with E-state index in [2.05, 4.69) is 9.72 Å². The maximum atomic E-state index is 13.6. The number of amides is 1. The molecule has 2 heterocycles. The molecule has 0 spiro atoms. The zero-order chi connectivity index (χ0) is 20.3. The maximum Gasteiger partial charge on any atom is 0.410 e. The molecule has 10 heteroatoms. The number of carbonyl (C=O) groups is 1. The first-order valence-electron chi connectivity index (χ1n) is 8.28. The largest absolute Gasteiger partial charge is 0.449 e. The molecule has 3 rings (SSSR count). The molecule has 1 fully saturated rings. The summed E-state index contributed by atoms with van der Waals surface area (Å²) in [5.74, 6) is -1.66. The Morgan fingerprint density at radius 1 is 1.18 bits per heavy atom. The minimum absolute atomic E-state index is 0.0759. The molecule has 1 aliphatic heterocycles. The van der Waals surface area contributed by atoms with E-state index in [-0.39, 0.29) is 29.8 Å². The van der Waals surface area contributed by atoms with Crippen molar-refractivity contribution in [2.75, 3.05) is 13.2 Å². The highest BCUT2D eigenvalue weighted by molar-refractivity contribution is 5.69. The monoisotopic (exact) mass is 402 g/mol. The van der Waals surface area contributed by atoms with Gasteiger partial charge in [-0.25, -0.2) is 18.0 Å². The van der Waals surface area contributed by atoms with E-state index in [0.717, 1.165) is 18.3 Å². The van der Waals surface area contributed by atoms with Crippen molar-refractivity contribution in [2.45, 2.75) is 26.0 Å². The SMILES string of the molecule is O=C1OCCCN1Cc1cc(-c2ccc(F)c(OC(F)F)c2)cnc1C(F)F. The maximum absolute atomic E-state index is 13.6. The lowest BCUT2D eigenvalue weighted by Crippen LogP contribution is -2.37. The van der Waals surface area contributed by atoms with Gasteiger partial charge >= 0.3 is 12.7 Å². The van der Waals surface area contributed by atoms with Crippen molar-refractivity contribution in [1.82, 2.24) is 9.88 Å². The number of pyridine rings is 1. The third-order valence-corrected chi connectivity index (χ3v) is 4.11. The smallest absolute Gasteiger partial charge is 0.410 e. The summed E-state index contributed by atoms with van der Waals surface area (Å²) in [5, 5.41) is 0. The average molecular weight is 402 g/mol. The number of hydrogen-bond donors (Lipinski definition) is 0. The molecule has 0 bridgehead atoms. The van der Waals surface area contributed by atoms with E-state index in [1.807, 2.05) is 0 Å². The zero-order valence-corrected chi connectivity index (χ0v) is 14.4. The number of ether oxygens (including phenoxy) is 2. The van der Waals surface area contributed by atoms with E-state index in [0.29, 0.717) is 13.0 Å². The van der Waals surface area contributed by atoms with Crippen molar-refractivity contribution in [3.63, 3.8) is 0 Å². The second kappa shape index (κ2) is 8.41. The number of benzene rings is 1. The molecule has 1 aromatic heterocycles. The van der Waals surface area contributed by atoms with Crippen LogP contribution in [0.25, 0.3) is 11.1 Å².